The van der Waals surface area contributed by atoms with Gasteiger partial charge in [-0.05, 0) is 37.1 Å². The van der Waals surface area contributed by atoms with Gasteiger partial charge >= 0.3 is 12.0 Å². The van der Waals surface area contributed by atoms with Crippen molar-refractivity contribution in [2.24, 2.45) is 5.92 Å². The van der Waals surface area contributed by atoms with Gasteiger partial charge in [-0.1, -0.05) is 51.5 Å². The van der Waals surface area contributed by atoms with Crippen LogP contribution in [0.15, 0.2) is 24.3 Å². The first kappa shape index (κ1) is 27.2. The number of hydrogen-bond acceptors (Lipinski definition) is 9. The van der Waals surface area contributed by atoms with Crippen LogP contribution in [0, 0.1) is 5.92 Å². The van der Waals surface area contributed by atoms with Crippen LogP contribution in [-0.4, -0.2) is 60.1 Å². The Hall–Kier alpha value is -3.40. The molecule has 1 aliphatic heterocycles. The zero-order chi connectivity index (χ0) is 26.1. The number of benzene rings is 1. The number of nitrogen functional groups attached to an aromatic ring is 1. The van der Waals surface area contributed by atoms with Gasteiger partial charge in [-0.3, -0.25) is 14.5 Å². The zero-order valence-electron chi connectivity index (χ0n) is 21.7. The average molecular weight is 499 g/mol. The highest BCUT2D eigenvalue weighted by Gasteiger charge is 2.27. The molecule has 0 fully saturated rings. The first-order chi connectivity index (χ1) is 17.3. The number of fused-ring (bicyclic) bond motifs is 1. The Labute approximate surface area is 213 Å². The third-order valence-electron chi connectivity index (χ3n) is 6.22. The molecule has 0 saturated carbocycles. The molecule has 1 aliphatic rings. The summed E-state index contributed by atoms with van der Waals surface area (Å²) in [7, 11) is 1.42. The normalized spacial score (nSPS) is 13.8. The summed E-state index contributed by atoms with van der Waals surface area (Å²) in [6.07, 6.45) is 2.63. The third-order valence-corrected chi connectivity index (χ3v) is 6.22. The van der Waals surface area contributed by atoms with E-state index in [-0.39, 0.29) is 36.2 Å². The number of amides is 1. The van der Waals surface area contributed by atoms with Gasteiger partial charge in [-0.25, -0.2) is 0 Å². The molecular formula is C26H38N6O4. The van der Waals surface area contributed by atoms with Crippen molar-refractivity contribution in [2.45, 2.75) is 53.1 Å². The summed E-state index contributed by atoms with van der Waals surface area (Å²) in [4.78, 5) is 37.1. The molecule has 10 nitrogen and oxygen atoms in total. The van der Waals surface area contributed by atoms with E-state index in [4.69, 9.17) is 15.2 Å². The highest BCUT2D eigenvalue weighted by Crippen LogP contribution is 2.34. The van der Waals surface area contributed by atoms with Gasteiger partial charge < -0.3 is 25.4 Å². The lowest BCUT2D eigenvalue weighted by atomic mass is 10.1. The Kier molecular flexibility index (Phi) is 9.86. The first-order valence-electron chi connectivity index (χ1n) is 12.6. The van der Waals surface area contributed by atoms with Gasteiger partial charge in [0.15, 0.2) is 11.6 Å². The molecule has 196 valence electrons. The van der Waals surface area contributed by atoms with E-state index in [1.165, 1.54) is 7.11 Å². The average Bonchev–Trinajstić information content (AvgIpc) is 2.87. The van der Waals surface area contributed by atoms with Gasteiger partial charge in [0.2, 0.25) is 5.91 Å². The topological polar surface area (TPSA) is 123 Å². The summed E-state index contributed by atoms with van der Waals surface area (Å²) in [5.74, 6) is 0.280. The van der Waals surface area contributed by atoms with Gasteiger partial charge in [0.05, 0.1) is 26.2 Å². The molecule has 3 N–H and O–H groups in total. The van der Waals surface area contributed by atoms with Gasteiger partial charge in [0, 0.05) is 13.1 Å². The number of nitrogens with two attached hydrogens (primary N) is 1. The lowest BCUT2D eigenvalue weighted by molar-refractivity contribution is -0.145. The lowest BCUT2D eigenvalue weighted by Crippen LogP contribution is -2.39. The lowest BCUT2D eigenvalue weighted by Gasteiger charge is -2.30. The van der Waals surface area contributed by atoms with Crippen LogP contribution < -0.4 is 20.7 Å². The molecule has 2 heterocycles. The molecular weight excluding hydrogens is 460 g/mol. The Morgan fingerprint density at radius 2 is 2.06 bits per heavy atom. The minimum Gasteiger partial charge on any atom is -0.469 e. The first-order valence-corrected chi connectivity index (χ1v) is 12.6. The predicted molar refractivity (Wildman–Crippen MR) is 140 cm³/mol. The number of nitrogens with zero attached hydrogens (tertiary/aromatic N) is 4. The van der Waals surface area contributed by atoms with Crippen molar-refractivity contribution in [2.75, 3.05) is 49.3 Å². The second-order valence-electron chi connectivity index (χ2n) is 9.10. The monoisotopic (exact) mass is 498 g/mol. The second-order valence-corrected chi connectivity index (χ2v) is 9.10. The molecule has 0 bridgehead atoms. The van der Waals surface area contributed by atoms with Crippen molar-refractivity contribution in [1.29, 1.82) is 0 Å². The maximum Gasteiger partial charge on any atom is 0.320 e. The van der Waals surface area contributed by atoms with Gasteiger partial charge in [0.25, 0.3) is 0 Å². The molecule has 0 saturated heterocycles. The van der Waals surface area contributed by atoms with Crippen LogP contribution in [0.25, 0.3) is 0 Å². The number of ether oxygens (including phenoxy) is 2. The van der Waals surface area contributed by atoms with Gasteiger partial charge in [0.1, 0.15) is 5.69 Å². The number of hydrogen-bond donors (Lipinski definition) is 2. The molecule has 1 unspecified atom stereocenters. The Morgan fingerprint density at radius 3 is 2.78 bits per heavy atom. The Morgan fingerprint density at radius 1 is 1.28 bits per heavy atom. The number of anilines is 3. The standard InChI is InChI=1S/C26H38N6O4/c1-5-7-13-36-26-29-23(27)22-24(30-26)32(17-21(33)28-22)16-20-10-8-9-19(14-20)15-31(6-2)12-11-18(3)25(34)35-4/h8-10,14,18H,5-7,11-13,15-17H2,1-4H3,(H,28,33)(H2,27,29,30). The Bertz CT molecular complexity index is 1050. The van der Waals surface area contributed by atoms with E-state index in [0.717, 1.165) is 50.0 Å². The van der Waals surface area contributed by atoms with E-state index in [2.05, 4.69) is 46.2 Å². The molecule has 0 radical (unpaired) electrons. The van der Waals surface area contributed by atoms with Crippen LogP contribution in [0.1, 0.15) is 51.2 Å². The van der Waals surface area contributed by atoms with E-state index in [1.807, 2.05) is 24.0 Å². The number of unbranched alkanes of at least 4 members (excludes halogenated alkanes) is 1. The van der Waals surface area contributed by atoms with Crippen LogP contribution in [0.5, 0.6) is 6.01 Å². The molecule has 1 amide bonds. The largest absolute Gasteiger partial charge is 0.469 e. The van der Waals surface area contributed by atoms with E-state index >= 15 is 0 Å². The number of aromatic nitrogens is 2. The number of carbonyl (C=O) groups excluding carboxylic acids is 2. The van der Waals surface area contributed by atoms with Crippen LogP contribution in [0.2, 0.25) is 0 Å². The van der Waals surface area contributed by atoms with E-state index in [0.29, 0.717) is 24.7 Å². The molecule has 0 aliphatic carbocycles. The van der Waals surface area contributed by atoms with Crippen LogP contribution in [-0.2, 0) is 27.4 Å². The fraction of sp³-hybridized carbons (Fsp3) is 0.538. The van der Waals surface area contributed by atoms with E-state index < -0.39 is 0 Å². The smallest absolute Gasteiger partial charge is 0.320 e. The highest BCUT2D eigenvalue weighted by atomic mass is 16.5. The molecule has 1 aromatic carbocycles. The molecule has 0 spiro atoms. The van der Waals surface area contributed by atoms with Gasteiger partial charge in [-0.15, -0.1) is 0 Å². The number of esters is 1. The summed E-state index contributed by atoms with van der Waals surface area (Å²) < 4.78 is 10.5. The minimum atomic E-state index is -0.178. The van der Waals surface area contributed by atoms with Crippen LogP contribution in [0.3, 0.4) is 0 Å². The zero-order valence-corrected chi connectivity index (χ0v) is 21.7. The summed E-state index contributed by atoms with van der Waals surface area (Å²) >= 11 is 0. The molecule has 3 rings (SSSR count). The van der Waals surface area contributed by atoms with Gasteiger partial charge in [-0.2, -0.15) is 9.97 Å². The number of rotatable bonds is 13. The van der Waals surface area contributed by atoms with Crippen molar-refractivity contribution in [1.82, 2.24) is 14.9 Å². The minimum absolute atomic E-state index is 0.133. The predicted octanol–water partition coefficient (Wildman–Crippen LogP) is 3.22. The fourth-order valence-corrected chi connectivity index (χ4v) is 4.07. The van der Waals surface area contributed by atoms with Crippen LogP contribution >= 0.6 is 0 Å². The molecule has 2 aromatic rings. The number of nitrogens with one attached hydrogen (secondary N) is 1. The van der Waals surface area contributed by atoms with E-state index in [1.54, 1.807) is 0 Å². The van der Waals surface area contributed by atoms with Crippen molar-refractivity contribution in [3.63, 3.8) is 0 Å². The SMILES string of the molecule is CCCCOc1nc(N)c2c(n1)N(Cc1cccc(CN(CC)CCC(C)C(=O)OC)c1)CC(=O)N2. The van der Waals surface area contributed by atoms with E-state index in [9.17, 15) is 9.59 Å². The molecule has 1 atom stereocenters. The van der Waals surface area contributed by atoms with Crippen molar-refractivity contribution < 1.29 is 19.1 Å². The number of carbonyl (C=O) groups is 2. The van der Waals surface area contributed by atoms with Crippen molar-refractivity contribution >= 4 is 29.2 Å². The van der Waals surface area contributed by atoms with Crippen molar-refractivity contribution in [3.8, 4) is 6.01 Å². The highest BCUT2D eigenvalue weighted by molar-refractivity contribution is 6.03. The summed E-state index contributed by atoms with van der Waals surface area (Å²) in [6.45, 7) is 9.68. The summed E-state index contributed by atoms with van der Waals surface area (Å²) in [5, 5.41) is 2.79. The molecule has 10 heteroatoms. The maximum absolute atomic E-state index is 12.4. The quantitative estimate of drug-likeness (QED) is 0.316. The third kappa shape index (κ3) is 7.30. The van der Waals surface area contributed by atoms with Crippen molar-refractivity contribution in [3.05, 3.63) is 35.4 Å². The maximum atomic E-state index is 12.4. The Balaban J connectivity index is 1.72. The molecule has 1 aromatic heterocycles. The summed E-state index contributed by atoms with van der Waals surface area (Å²) in [6, 6.07) is 8.51. The second kappa shape index (κ2) is 13.1. The summed E-state index contributed by atoms with van der Waals surface area (Å²) in [5.41, 5.74) is 8.76. The fourth-order valence-electron chi connectivity index (χ4n) is 4.07. The molecule has 36 heavy (non-hydrogen) atoms. The number of methoxy groups -OCH3 is 1. The van der Waals surface area contributed by atoms with Crippen LogP contribution in [0.4, 0.5) is 17.3 Å².